The Bertz CT molecular complexity index is 405. The van der Waals surface area contributed by atoms with E-state index in [1.807, 2.05) is 25.1 Å². The van der Waals surface area contributed by atoms with Gasteiger partial charge in [-0.25, -0.2) is 0 Å². The molecule has 1 aromatic carbocycles. The number of methoxy groups -OCH3 is 3. The van der Waals surface area contributed by atoms with Crippen LogP contribution in [0, 0.1) is 6.92 Å². The van der Waals surface area contributed by atoms with Crippen LogP contribution in [0.2, 0.25) is 0 Å². The van der Waals surface area contributed by atoms with Crippen LogP contribution < -0.4 is 4.74 Å². The lowest BCUT2D eigenvalue weighted by atomic mass is 9.97. The first-order chi connectivity index (χ1) is 9.17. The molecule has 0 saturated carbocycles. The number of ether oxygens (including phenoxy) is 4. The summed E-state index contributed by atoms with van der Waals surface area (Å²) in [7, 11) is 4.67. The smallest absolute Gasteiger partial charge is 0.295 e. The summed E-state index contributed by atoms with van der Waals surface area (Å²) >= 11 is 0. The van der Waals surface area contributed by atoms with Crippen LogP contribution in [0.1, 0.15) is 17.0 Å². The van der Waals surface area contributed by atoms with Gasteiger partial charge in [-0.15, -0.1) is 0 Å². The Morgan fingerprint density at radius 3 is 2.53 bits per heavy atom. The van der Waals surface area contributed by atoms with Gasteiger partial charge in [-0.1, -0.05) is 12.1 Å². The molecule has 0 spiro atoms. The maximum atomic E-state index is 10.5. The van der Waals surface area contributed by atoms with Crippen molar-refractivity contribution in [3.8, 4) is 5.75 Å². The summed E-state index contributed by atoms with van der Waals surface area (Å²) in [6, 6.07) is 5.82. The molecule has 0 saturated heterocycles. The molecule has 0 aromatic heterocycles. The van der Waals surface area contributed by atoms with Gasteiger partial charge in [0.25, 0.3) is 6.47 Å². The molecule has 106 valence electrons. The fourth-order valence-electron chi connectivity index (χ4n) is 1.99. The largest absolute Gasteiger partial charge is 0.496 e. The first-order valence-corrected chi connectivity index (χ1v) is 5.93. The van der Waals surface area contributed by atoms with Gasteiger partial charge in [0, 0.05) is 19.8 Å². The van der Waals surface area contributed by atoms with Crippen molar-refractivity contribution in [1.82, 2.24) is 0 Å². The van der Waals surface area contributed by atoms with Crippen molar-refractivity contribution in [3.05, 3.63) is 29.3 Å². The number of carbonyl (C=O) groups excluding carboxylic acids is 1. The van der Waals surface area contributed by atoms with Gasteiger partial charge in [0.1, 0.15) is 5.75 Å². The summed E-state index contributed by atoms with van der Waals surface area (Å²) in [5.74, 6) is 0.467. The molecular weight excluding hydrogens is 248 g/mol. The zero-order chi connectivity index (χ0) is 14.3. The van der Waals surface area contributed by atoms with E-state index >= 15 is 0 Å². The van der Waals surface area contributed by atoms with Crippen molar-refractivity contribution in [1.29, 1.82) is 0 Å². The minimum Gasteiger partial charge on any atom is -0.496 e. The van der Waals surface area contributed by atoms with Crippen molar-refractivity contribution in [2.45, 2.75) is 19.1 Å². The van der Waals surface area contributed by atoms with E-state index in [1.54, 1.807) is 14.2 Å². The first-order valence-electron chi connectivity index (χ1n) is 5.93. The van der Waals surface area contributed by atoms with Gasteiger partial charge in [-0.05, 0) is 18.6 Å². The molecule has 2 unspecified atom stereocenters. The molecule has 0 heterocycles. The minimum absolute atomic E-state index is 0.254. The highest BCUT2D eigenvalue weighted by Crippen LogP contribution is 2.31. The molecule has 0 fully saturated rings. The molecule has 5 nitrogen and oxygen atoms in total. The molecule has 0 N–H and O–H groups in total. The first kappa shape index (κ1) is 15.5. The van der Waals surface area contributed by atoms with Crippen LogP contribution in [0.5, 0.6) is 5.75 Å². The molecule has 0 aliphatic heterocycles. The number of rotatable bonds is 8. The molecule has 2 atom stereocenters. The van der Waals surface area contributed by atoms with E-state index in [0.29, 0.717) is 13.1 Å². The van der Waals surface area contributed by atoms with Crippen LogP contribution >= 0.6 is 0 Å². The van der Waals surface area contributed by atoms with Gasteiger partial charge in [0.15, 0.2) is 0 Å². The Morgan fingerprint density at radius 1 is 1.26 bits per heavy atom. The standard InChI is InChI=1S/C14H20O5/c1-10-5-6-11(13(7-10)17-3)12(8-16-2)14(18-4)19-9-15/h5-7,9,12,14H,8H2,1-4H3. The predicted octanol–water partition coefficient (Wildman–Crippen LogP) is 1.88. The second-order valence-electron chi connectivity index (χ2n) is 4.14. The molecular formula is C14H20O5. The average Bonchev–Trinajstić information content (AvgIpc) is 2.43. The third-order valence-corrected chi connectivity index (χ3v) is 2.89. The maximum absolute atomic E-state index is 10.5. The van der Waals surface area contributed by atoms with Crippen LogP contribution in [0.4, 0.5) is 0 Å². The summed E-state index contributed by atoms with van der Waals surface area (Å²) < 4.78 is 20.7. The van der Waals surface area contributed by atoms with Crippen molar-refractivity contribution in [2.75, 3.05) is 27.9 Å². The molecule has 5 heteroatoms. The summed E-state index contributed by atoms with van der Waals surface area (Å²) in [6.45, 7) is 2.70. The molecule has 0 radical (unpaired) electrons. The van der Waals surface area contributed by atoms with E-state index in [0.717, 1.165) is 16.9 Å². The van der Waals surface area contributed by atoms with Gasteiger partial charge in [0.2, 0.25) is 6.29 Å². The fourth-order valence-corrected chi connectivity index (χ4v) is 1.99. The maximum Gasteiger partial charge on any atom is 0.295 e. The third-order valence-electron chi connectivity index (χ3n) is 2.89. The normalized spacial score (nSPS) is 13.7. The molecule has 19 heavy (non-hydrogen) atoms. The summed E-state index contributed by atoms with van der Waals surface area (Å²) in [5.41, 5.74) is 1.96. The Balaban J connectivity index is 3.13. The second-order valence-corrected chi connectivity index (χ2v) is 4.14. The van der Waals surface area contributed by atoms with Gasteiger partial charge < -0.3 is 18.9 Å². The number of carbonyl (C=O) groups is 1. The quantitative estimate of drug-likeness (QED) is 0.532. The van der Waals surface area contributed by atoms with E-state index in [1.165, 1.54) is 7.11 Å². The average molecular weight is 268 g/mol. The molecule has 1 aromatic rings. The molecule has 0 bridgehead atoms. The van der Waals surface area contributed by atoms with Gasteiger partial charge in [0.05, 0.1) is 19.6 Å². The highest BCUT2D eigenvalue weighted by atomic mass is 16.7. The SMILES string of the molecule is COCC(c1ccc(C)cc1OC)C(OC)OC=O. The molecule has 0 amide bonds. The van der Waals surface area contributed by atoms with Crippen LogP contribution in [-0.2, 0) is 19.0 Å². The summed E-state index contributed by atoms with van der Waals surface area (Å²) in [5, 5.41) is 0. The van der Waals surface area contributed by atoms with Crippen molar-refractivity contribution < 1.29 is 23.7 Å². The van der Waals surface area contributed by atoms with Gasteiger partial charge in [-0.3, -0.25) is 4.79 Å². The molecule has 0 aliphatic carbocycles. The van der Waals surface area contributed by atoms with Crippen LogP contribution in [0.15, 0.2) is 18.2 Å². The highest BCUT2D eigenvalue weighted by Gasteiger charge is 2.27. The number of hydrogen-bond acceptors (Lipinski definition) is 5. The van der Waals surface area contributed by atoms with Crippen LogP contribution in [-0.4, -0.2) is 40.7 Å². The van der Waals surface area contributed by atoms with Crippen molar-refractivity contribution in [2.24, 2.45) is 0 Å². The van der Waals surface area contributed by atoms with Crippen molar-refractivity contribution in [3.63, 3.8) is 0 Å². The zero-order valence-electron chi connectivity index (χ0n) is 11.7. The third kappa shape index (κ3) is 3.94. The lowest BCUT2D eigenvalue weighted by Gasteiger charge is -2.25. The van der Waals surface area contributed by atoms with Crippen LogP contribution in [0.25, 0.3) is 0 Å². The summed E-state index contributed by atoms with van der Waals surface area (Å²) in [6.07, 6.45) is -0.714. The highest BCUT2D eigenvalue weighted by molar-refractivity contribution is 5.41. The monoisotopic (exact) mass is 268 g/mol. The van der Waals surface area contributed by atoms with E-state index in [9.17, 15) is 4.79 Å². The number of hydrogen-bond donors (Lipinski definition) is 0. The van der Waals surface area contributed by atoms with Crippen molar-refractivity contribution >= 4 is 6.47 Å². The lowest BCUT2D eigenvalue weighted by molar-refractivity contribution is -0.165. The zero-order valence-corrected chi connectivity index (χ0v) is 11.7. The fraction of sp³-hybridized carbons (Fsp3) is 0.500. The Kier molecular flexibility index (Phi) is 6.32. The Hall–Kier alpha value is -1.59. The Labute approximate surface area is 113 Å². The Morgan fingerprint density at radius 2 is 2.00 bits per heavy atom. The minimum atomic E-state index is -0.714. The molecule has 1 rings (SSSR count). The topological polar surface area (TPSA) is 54.0 Å². The van der Waals surface area contributed by atoms with E-state index in [4.69, 9.17) is 18.9 Å². The van der Waals surface area contributed by atoms with Gasteiger partial charge in [-0.2, -0.15) is 0 Å². The lowest BCUT2D eigenvalue weighted by Crippen LogP contribution is -2.27. The number of benzene rings is 1. The predicted molar refractivity (Wildman–Crippen MR) is 70.3 cm³/mol. The van der Waals surface area contributed by atoms with E-state index < -0.39 is 6.29 Å². The molecule has 0 aliphatic rings. The second kappa shape index (κ2) is 7.76. The van der Waals surface area contributed by atoms with Gasteiger partial charge >= 0.3 is 0 Å². The van der Waals surface area contributed by atoms with E-state index in [-0.39, 0.29) is 5.92 Å². The van der Waals surface area contributed by atoms with Crippen LogP contribution in [0.3, 0.4) is 0 Å². The summed E-state index contributed by atoms with van der Waals surface area (Å²) in [4.78, 5) is 10.5. The van der Waals surface area contributed by atoms with E-state index in [2.05, 4.69) is 0 Å². The number of aryl methyl sites for hydroxylation is 1.